The lowest BCUT2D eigenvalue weighted by molar-refractivity contribution is 0.0602. The molecule has 3 heteroatoms. The van der Waals surface area contributed by atoms with Crippen molar-refractivity contribution < 1.29 is 9.53 Å². The van der Waals surface area contributed by atoms with Crippen molar-refractivity contribution in [3.8, 4) is 0 Å². The van der Waals surface area contributed by atoms with E-state index in [-0.39, 0.29) is 5.97 Å². The molecular formula is C12H13NO2. The van der Waals surface area contributed by atoms with Gasteiger partial charge in [-0.25, -0.2) is 4.79 Å². The molecule has 0 unspecified atom stereocenters. The first-order valence-electron chi connectivity index (χ1n) is 4.80. The molecule has 2 rings (SSSR count). The molecule has 0 fully saturated rings. The number of aryl methyl sites for hydroxylation is 2. The van der Waals surface area contributed by atoms with Crippen LogP contribution in [0.5, 0.6) is 0 Å². The second-order valence-electron chi connectivity index (χ2n) is 3.67. The number of hydrogen-bond acceptors (Lipinski definition) is 2. The smallest absolute Gasteiger partial charge is 0.340 e. The summed E-state index contributed by atoms with van der Waals surface area (Å²) in [5, 5.41) is 0.930. The third kappa shape index (κ3) is 1.50. The summed E-state index contributed by atoms with van der Waals surface area (Å²) in [7, 11) is 1.40. The minimum absolute atomic E-state index is 0.288. The van der Waals surface area contributed by atoms with Gasteiger partial charge in [0.15, 0.2) is 0 Å². The van der Waals surface area contributed by atoms with Gasteiger partial charge in [0.1, 0.15) is 0 Å². The Balaban J connectivity index is 2.76. The van der Waals surface area contributed by atoms with Gasteiger partial charge in [0.2, 0.25) is 0 Å². The molecule has 0 saturated carbocycles. The van der Waals surface area contributed by atoms with Gasteiger partial charge in [-0.2, -0.15) is 0 Å². The van der Waals surface area contributed by atoms with Gasteiger partial charge in [-0.05, 0) is 26.0 Å². The maximum absolute atomic E-state index is 11.6. The van der Waals surface area contributed by atoms with Crippen LogP contribution in [-0.2, 0) is 4.74 Å². The summed E-state index contributed by atoms with van der Waals surface area (Å²) in [4.78, 5) is 14.7. The number of ether oxygens (including phenoxy) is 1. The maximum atomic E-state index is 11.6. The number of aromatic nitrogens is 1. The molecule has 0 bridgehead atoms. The Bertz CT molecular complexity index is 526. The van der Waals surface area contributed by atoms with Crippen LogP contribution in [0.15, 0.2) is 18.2 Å². The molecule has 1 heterocycles. The molecule has 1 aromatic heterocycles. The quantitative estimate of drug-likeness (QED) is 0.724. The van der Waals surface area contributed by atoms with Gasteiger partial charge in [0.25, 0.3) is 0 Å². The maximum Gasteiger partial charge on any atom is 0.340 e. The number of rotatable bonds is 1. The Hall–Kier alpha value is -1.77. The van der Waals surface area contributed by atoms with Crippen molar-refractivity contribution in [2.24, 2.45) is 0 Å². The fourth-order valence-corrected chi connectivity index (χ4v) is 1.81. The first-order chi connectivity index (χ1) is 7.13. The van der Waals surface area contributed by atoms with Gasteiger partial charge < -0.3 is 9.72 Å². The number of fused-ring (bicyclic) bond motifs is 1. The summed E-state index contributed by atoms with van der Waals surface area (Å²) in [5.74, 6) is -0.288. The molecule has 0 spiro atoms. The molecule has 0 amide bonds. The minimum Gasteiger partial charge on any atom is -0.465 e. The van der Waals surface area contributed by atoms with E-state index < -0.39 is 0 Å². The summed E-state index contributed by atoms with van der Waals surface area (Å²) in [5.41, 5.74) is 3.59. The van der Waals surface area contributed by atoms with Crippen LogP contribution < -0.4 is 0 Å². The number of methoxy groups -OCH3 is 1. The summed E-state index contributed by atoms with van der Waals surface area (Å²) in [6.45, 7) is 3.88. The predicted octanol–water partition coefficient (Wildman–Crippen LogP) is 2.57. The summed E-state index contributed by atoms with van der Waals surface area (Å²) < 4.78 is 4.76. The fraction of sp³-hybridized carbons (Fsp3) is 0.250. The molecule has 78 valence electrons. The van der Waals surface area contributed by atoms with Crippen molar-refractivity contribution in [2.45, 2.75) is 13.8 Å². The number of aromatic amines is 1. The predicted molar refractivity (Wildman–Crippen MR) is 59.1 cm³/mol. The van der Waals surface area contributed by atoms with Gasteiger partial charge in [-0.15, -0.1) is 0 Å². The van der Waals surface area contributed by atoms with Crippen molar-refractivity contribution in [1.82, 2.24) is 4.98 Å². The number of esters is 1. The van der Waals surface area contributed by atoms with Crippen LogP contribution in [0.3, 0.4) is 0 Å². The van der Waals surface area contributed by atoms with E-state index in [1.54, 1.807) is 0 Å². The van der Waals surface area contributed by atoms with E-state index in [9.17, 15) is 4.79 Å². The van der Waals surface area contributed by atoms with E-state index in [1.807, 2.05) is 32.0 Å². The number of carbonyl (C=O) groups is 1. The largest absolute Gasteiger partial charge is 0.465 e. The highest BCUT2D eigenvalue weighted by molar-refractivity contribution is 6.05. The lowest BCUT2D eigenvalue weighted by Crippen LogP contribution is -2.02. The molecule has 15 heavy (non-hydrogen) atoms. The zero-order valence-electron chi connectivity index (χ0n) is 9.05. The van der Waals surface area contributed by atoms with Gasteiger partial charge in [0.05, 0.1) is 12.7 Å². The molecule has 3 nitrogen and oxygen atoms in total. The van der Waals surface area contributed by atoms with E-state index in [2.05, 4.69) is 4.98 Å². The highest BCUT2D eigenvalue weighted by Gasteiger charge is 2.15. The lowest BCUT2D eigenvalue weighted by Gasteiger charge is -1.99. The van der Waals surface area contributed by atoms with Crippen LogP contribution in [0.25, 0.3) is 10.9 Å². The van der Waals surface area contributed by atoms with Crippen LogP contribution in [0.2, 0.25) is 0 Å². The van der Waals surface area contributed by atoms with E-state index >= 15 is 0 Å². The van der Waals surface area contributed by atoms with Crippen molar-refractivity contribution in [1.29, 1.82) is 0 Å². The molecule has 0 aliphatic carbocycles. The first-order valence-corrected chi connectivity index (χ1v) is 4.80. The normalized spacial score (nSPS) is 10.6. The highest BCUT2D eigenvalue weighted by Crippen LogP contribution is 2.23. The van der Waals surface area contributed by atoms with Crippen molar-refractivity contribution in [3.05, 3.63) is 35.0 Å². The fourth-order valence-electron chi connectivity index (χ4n) is 1.81. The topological polar surface area (TPSA) is 42.1 Å². The second-order valence-corrected chi connectivity index (χ2v) is 3.67. The van der Waals surface area contributed by atoms with E-state index in [4.69, 9.17) is 4.74 Å². The van der Waals surface area contributed by atoms with Crippen LogP contribution in [0, 0.1) is 13.8 Å². The summed E-state index contributed by atoms with van der Waals surface area (Å²) >= 11 is 0. The Labute approximate surface area is 88.1 Å². The molecule has 0 atom stereocenters. The third-order valence-electron chi connectivity index (χ3n) is 2.53. The molecule has 2 aromatic rings. The number of benzene rings is 1. The van der Waals surface area contributed by atoms with E-state index in [1.165, 1.54) is 7.11 Å². The standard InChI is InChI=1S/C12H13NO2/c1-7-4-5-10-9(6-7)11(8(2)13-10)12(14)15-3/h4-6,13H,1-3H3. The van der Waals surface area contributed by atoms with Crippen LogP contribution in [0.1, 0.15) is 21.6 Å². The van der Waals surface area contributed by atoms with Gasteiger partial charge >= 0.3 is 5.97 Å². The molecule has 0 saturated heterocycles. The molecule has 0 aliphatic heterocycles. The summed E-state index contributed by atoms with van der Waals surface area (Å²) in [6.07, 6.45) is 0. The van der Waals surface area contributed by atoms with Crippen LogP contribution >= 0.6 is 0 Å². The number of hydrogen-bond donors (Lipinski definition) is 1. The number of carbonyl (C=O) groups excluding carboxylic acids is 1. The zero-order valence-corrected chi connectivity index (χ0v) is 9.05. The van der Waals surface area contributed by atoms with Crippen molar-refractivity contribution in [2.75, 3.05) is 7.11 Å². The van der Waals surface area contributed by atoms with Gasteiger partial charge in [0, 0.05) is 16.6 Å². The Morgan fingerprint density at radius 3 is 2.73 bits per heavy atom. The average molecular weight is 203 g/mol. The van der Waals surface area contributed by atoms with Gasteiger partial charge in [-0.3, -0.25) is 0 Å². The first kappa shape index (κ1) is 9.77. The SMILES string of the molecule is COC(=O)c1c(C)[nH]c2ccc(C)cc12. The Morgan fingerprint density at radius 2 is 2.07 bits per heavy atom. The highest BCUT2D eigenvalue weighted by atomic mass is 16.5. The van der Waals surface area contributed by atoms with E-state index in [0.717, 1.165) is 22.2 Å². The molecule has 1 N–H and O–H groups in total. The number of H-pyrrole nitrogens is 1. The van der Waals surface area contributed by atoms with Crippen LogP contribution in [-0.4, -0.2) is 18.1 Å². The summed E-state index contributed by atoms with van der Waals surface area (Å²) in [6, 6.07) is 5.98. The Morgan fingerprint density at radius 1 is 1.33 bits per heavy atom. The lowest BCUT2D eigenvalue weighted by atomic mass is 10.1. The van der Waals surface area contributed by atoms with Gasteiger partial charge in [-0.1, -0.05) is 11.6 Å². The zero-order chi connectivity index (χ0) is 11.0. The molecule has 1 aromatic carbocycles. The molecular weight excluding hydrogens is 190 g/mol. The third-order valence-corrected chi connectivity index (χ3v) is 2.53. The Kier molecular flexibility index (Phi) is 2.23. The van der Waals surface area contributed by atoms with Crippen LogP contribution in [0.4, 0.5) is 0 Å². The second kappa shape index (κ2) is 3.42. The minimum atomic E-state index is -0.288. The molecule has 0 radical (unpaired) electrons. The average Bonchev–Trinajstić information content (AvgIpc) is 2.52. The monoisotopic (exact) mass is 203 g/mol. The van der Waals surface area contributed by atoms with Crippen molar-refractivity contribution in [3.63, 3.8) is 0 Å². The van der Waals surface area contributed by atoms with Crippen molar-refractivity contribution >= 4 is 16.9 Å². The number of nitrogens with one attached hydrogen (secondary N) is 1. The molecule has 0 aliphatic rings. The van der Waals surface area contributed by atoms with E-state index in [0.29, 0.717) is 5.56 Å².